The van der Waals surface area contributed by atoms with Crippen molar-refractivity contribution in [2.24, 2.45) is 0 Å². The highest BCUT2D eigenvalue weighted by Crippen LogP contribution is 2.18. The van der Waals surface area contributed by atoms with Crippen LogP contribution in [-0.4, -0.2) is 28.2 Å². The molecule has 0 bridgehead atoms. The minimum atomic E-state index is -0.935. The molecule has 0 radical (unpaired) electrons. The van der Waals surface area contributed by atoms with Gasteiger partial charge in [0.1, 0.15) is 17.3 Å². The average molecular weight is 424 g/mol. The number of hydrogen-bond acceptors (Lipinski definition) is 5. The van der Waals surface area contributed by atoms with Crippen molar-refractivity contribution in [3.05, 3.63) is 87.1 Å². The van der Waals surface area contributed by atoms with Crippen LogP contribution in [0.3, 0.4) is 0 Å². The van der Waals surface area contributed by atoms with Gasteiger partial charge in [-0.2, -0.15) is 5.10 Å². The maximum atomic E-state index is 14.1. The number of hydrazine groups is 1. The lowest BCUT2D eigenvalue weighted by molar-refractivity contribution is -0.123. The predicted octanol–water partition coefficient (Wildman–Crippen LogP) is 2.14. The molecular weight excluding hydrogens is 403 g/mol. The molecule has 31 heavy (non-hydrogen) atoms. The Kier molecular flexibility index (Phi) is 6.44. The number of carbonyl (C=O) groups is 2. The molecule has 0 saturated carbocycles. The molecule has 0 aliphatic heterocycles. The smallest absolute Gasteiger partial charge is 0.294 e. The molecule has 1 heterocycles. The van der Waals surface area contributed by atoms with E-state index in [0.29, 0.717) is 11.4 Å². The number of carbonyl (C=O) groups excluding carboxylic acids is 2. The first-order valence-electron chi connectivity index (χ1n) is 9.41. The fourth-order valence-electron chi connectivity index (χ4n) is 2.80. The molecule has 9 heteroatoms. The van der Waals surface area contributed by atoms with Gasteiger partial charge in [0, 0.05) is 11.8 Å². The topological polar surface area (TPSA) is 102 Å². The van der Waals surface area contributed by atoms with E-state index in [2.05, 4.69) is 16.0 Å². The highest BCUT2D eigenvalue weighted by Gasteiger charge is 2.17. The van der Waals surface area contributed by atoms with Crippen LogP contribution in [0, 0.1) is 26.6 Å². The predicted molar refractivity (Wildman–Crippen MR) is 112 cm³/mol. The first-order chi connectivity index (χ1) is 14.8. The van der Waals surface area contributed by atoms with Crippen molar-refractivity contribution in [1.82, 2.24) is 20.6 Å². The lowest BCUT2D eigenvalue weighted by Gasteiger charge is -2.13. The Balaban J connectivity index is 1.68. The van der Waals surface area contributed by atoms with Gasteiger partial charge in [-0.1, -0.05) is 24.3 Å². The molecular formula is C22H21FN4O4. The lowest BCUT2D eigenvalue weighted by Crippen LogP contribution is -2.45. The molecule has 0 fully saturated rings. The summed E-state index contributed by atoms with van der Waals surface area (Å²) in [5, 5.41) is 3.97. The molecule has 8 nitrogen and oxygen atoms in total. The Morgan fingerprint density at radius 1 is 1.06 bits per heavy atom. The zero-order valence-corrected chi connectivity index (χ0v) is 17.2. The van der Waals surface area contributed by atoms with Crippen LogP contribution in [0.2, 0.25) is 0 Å². The summed E-state index contributed by atoms with van der Waals surface area (Å²) in [5.74, 6) is -1.58. The van der Waals surface area contributed by atoms with Crippen molar-refractivity contribution in [2.75, 3.05) is 6.61 Å². The maximum Gasteiger partial charge on any atom is 0.294 e. The summed E-state index contributed by atoms with van der Waals surface area (Å²) in [6, 6.07) is 12.6. The summed E-state index contributed by atoms with van der Waals surface area (Å²) < 4.78 is 20.7. The Labute approximate surface area is 177 Å². The second-order valence-corrected chi connectivity index (χ2v) is 6.92. The Hall–Kier alpha value is -4.01. The number of nitrogens with one attached hydrogen (secondary N) is 2. The van der Waals surface area contributed by atoms with Crippen LogP contribution in [0.25, 0.3) is 5.69 Å². The fourth-order valence-corrected chi connectivity index (χ4v) is 2.80. The van der Waals surface area contributed by atoms with Gasteiger partial charge in [-0.05, 0) is 50.1 Å². The number of aromatic nitrogens is 2. The molecule has 3 rings (SSSR count). The third kappa shape index (κ3) is 5.13. The zero-order valence-electron chi connectivity index (χ0n) is 17.2. The van der Waals surface area contributed by atoms with Crippen LogP contribution in [0.15, 0.2) is 53.3 Å². The number of amides is 2. The van der Waals surface area contributed by atoms with Gasteiger partial charge in [0.2, 0.25) is 5.43 Å². The van der Waals surface area contributed by atoms with Crippen LogP contribution in [0.1, 0.15) is 27.3 Å². The Bertz CT molecular complexity index is 1210. The maximum absolute atomic E-state index is 14.1. The van der Waals surface area contributed by atoms with E-state index in [9.17, 15) is 18.8 Å². The number of rotatable bonds is 5. The van der Waals surface area contributed by atoms with Gasteiger partial charge in [-0.15, -0.1) is 0 Å². The normalized spacial score (nSPS) is 10.5. The van der Waals surface area contributed by atoms with E-state index in [1.165, 1.54) is 24.3 Å². The van der Waals surface area contributed by atoms with Gasteiger partial charge in [0.25, 0.3) is 11.8 Å². The second-order valence-electron chi connectivity index (χ2n) is 6.92. The van der Waals surface area contributed by atoms with Crippen LogP contribution >= 0.6 is 0 Å². The molecule has 0 aliphatic carbocycles. The van der Waals surface area contributed by atoms with E-state index in [-0.39, 0.29) is 12.3 Å². The van der Waals surface area contributed by atoms with Gasteiger partial charge in [-0.3, -0.25) is 25.2 Å². The first kappa shape index (κ1) is 21.7. The third-order valence-corrected chi connectivity index (χ3v) is 4.42. The van der Waals surface area contributed by atoms with Crippen molar-refractivity contribution < 1.29 is 18.7 Å². The van der Waals surface area contributed by atoms with Gasteiger partial charge in [-0.25, -0.2) is 9.07 Å². The van der Waals surface area contributed by atoms with E-state index in [0.717, 1.165) is 15.8 Å². The standard InChI is InChI=1S/C22H21FN4O4/c1-13-8-9-14(2)19(10-13)31-12-20(29)24-25-22(30)21-18(28)11-15(3)27(26-21)17-7-5-4-6-16(17)23/h4-11H,12H2,1-3H3,(H,24,29)(H,25,30). The summed E-state index contributed by atoms with van der Waals surface area (Å²) in [5.41, 5.74) is 5.41. The van der Waals surface area contributed by atoms with Crippen LogP contribution in [0.4, 0.5) is 4.39 Å². The van der Waals surface area contributed by atoms with Crippen molar-refractivity contribution >= 4 is 11.8 Å². The molecule has 2 N–H and O–H groups in total. The van der Waals surface area contributed by atoms with Gasteiger partial charge in [0.05, 0.1) is 0 Å². The molecule has 0 saturated heterocycles. The summed E-state index contributed by atoms with van der Waals surface area (Å²) in [6.45, 7) is 4.97. The van der Waals surface area contributed by atoms with Crippen LogP contribution in [-0.2, 0) is 4.79 Å². The number of aryl methyl sites for hydroxylation is 3. The third-order valence-electron chi connectivity index (χ3n) is 4.42. The minimum absolute atomic E-state index is 0.0833. The van der Waals surface area contributed by atoms with Gasteiger partial charge in [0.15, 0.2) is 12.3 Å². The second kappa shape index (κ2) is 9.21. The molecule has 160 valence electrons. The van der Waals surface area contributed by atoms with Crippen molar-refractivity contribution in [3.63, 3.8) is 0 Å². The molecule has 3 aromatic rings. The SMILES string of the molecule is Cc1ccc(C)c(OCC(=O)NNC(=O)c2nn(-c3ccccc3F)c(C)cc2=O)c1. The molecule has 0 aliphatic rings. The van der Waals surface area contributed by atoms with Gasteiger partial charge >= 0.3 is 0 Å². The van der Waals surface area contributed by atoms with Crippen molar-refractivity contribution in [3.8, 4) is 11.4 Å². The van der Waals surface area contributed by atoms with E-state index < -0.39 is 28.8 Å². The monoisotopic (exact) mass is 424 g/mol. The molecule has 0 spiro atoms. The van der Waals surface area contributed by atoms with Crippen molar-refractivity contribution in [2.45, 2.75) is 20.8 Å². The van der Waals surface area contributed by atoms with Gasteiger partial charge < -0.3 is 4.74 Å². The quantitative estimate of drug-likeness (QED) is 0.611. The van der Waals surface area contributed by atoms with E-state index in [1.54, 1.807) is 19.1 Å². The zero-order chi connectivity index (χ0) is 22.5. The summed E-state index contributed by atoms with van der Waals surface area (Å²) in [4.78, 5) is 36.6. The number of benzene rings is 2. The summed E-state index contributed by atoms with van der Waals surface area (Å²) in [7, 11) is 0. The average Bonchev–Trinajstić information content (AvgIpc) is 2.73. The molecule has 2 aromatic carbocycles. The number of para-hydroxylation sites is 1. The number of halogens is 1. The number of ether oxygens (including phenoxy) is 1. The molecule has 1 aromatic heterocycles. The number of hydrogen-bond donors (Lipinski definition) is 2. The molecule has 0 unspecified atom stereocenters. The van der Waals surface area contributed by atoms with Crippen molar-refractivity contribution in [1.29, 1.82) is 0 Å². The largest absolute Gasteiger partial charge is 0.483 e. The van der Waals surface area contributed by atoms with Crippen LogP contribution < -0.4 is 21.0 Å². The summed E-state index contributed by atoms with van der Waals surface area (Å²) in [6.07, 6.45) is 0. The molecule has 2 amide bonds. The van der Waals surface area contributed by atoms with E-state index >= 15 is 0 Å². The molecule has 0 atom stereocenters. The Morgan fingerprint density at radius 2 is 1.81 bits per heavy atom. The fraction of sp³-hybridized carbons (Fsp3) is 0.182. The van der Waals surface area contributed by atoms with Crippen LogP contribution in [0.5, 0.6) is 5.75 Å². The highest BCUT2D eigenvalue weighted by molar-refractivity contribution is 5.93. The highest BCUT2D eigenvalue weighted by atomic mass is 19.1. The Morgan fingerprint density at radius 3 is 2.55 bits per heavy atom. The van der Waals surface area contributed by atoms with E-state index in [1.807, 2.05) is 26.0 Å². The minimum Gasteiger partial charge on any atom is -0.483 e. The first-order valence-corrected chi connectivity index (χ1v) is 9.41. The lowest BCUT2D eigenvalue weighted by atomic mass is 10.1. The van der Waals surface area contributed by atoms with E-state index in [4.69, 9.17) is 4.74 Å². The number of nitrogens with zero attached hydrogens (tertiary/aromatic N) is 2. The summed E-state index contributed by atoms with van der Waals surface area (Å²) >= 11 is 0.